The van der Waals surface area contributed by atoms with E-state index in [1.807, 2.05) is 0 Å². The number of likely N-dealkylation sites (tertiary alicyclic amines) is 1. The predicted molar refractivity (Wildman–Crippen MR) is 109 cm³/mol. The molecule has 0 spiro atoms. The lowest BCUT2D eigenvalue weighted by Gasteiger charge is -2.42. The van der Waals surface area contributed by atoms with E-state index in [4.69, 9.17) is 4.74 Å². The summed E-state index contributed by atoms with van der Waals surface area (Å²) in [4.78, 5) is 13.9. The summed E-state index contributed by atoms with van der Waals surface area (Å²) in [6, 6.07) is 11.4. The lowest BCUT2D eigenvalue weighted by Crippen LogP contribution is -2.49. The van der Waals surface area contributed by atoms with Crippen molar-refractivity contribution in [2.24, 2.45) is 10.8 Å². The molecule has 5 heteroatoms. The number of nitrogens with zero attached hydrogens (tertiary/aromatic N) is 1. The van der Waals surface area contributed by atoms with Gasteiger partial charge >= 0.3 is 5.97 Å². The molecular weight excluding hydrogens is 352 g/mol. The Kier molecular flexibility index (Phi) is 5.77. The van der Waals surface area contributed by atoms with Crippen molar-refractivity contribution >= 4 is 5.97 Å². The number of hydrogen-bond donors (Lipinski definition) is 2. The summed E-state index contributed by atoms with van der Waals surface area (Å²) in [6.45, 7) is 7.30. The Labute approximate surface area is 168 Å². The lowest BCUT2D eigenvalue weighted by atomic mass is 9.78. The zero-order chi connectivity index (χ0) is 19.6. The van der Waals surface area contributed by atoms with Crippen molar-refractivity contribution in [2.75, 3.05) is 39.4 Å². The first-order chi connectivity index (χ1) is 13.6. The van der Waals surface area contributed by atoms with Gasteiger partial charge in [-0.1, -0.05) is 30.3 Å². The summed E-state index contributed by atoms with van der Waals surface area (Å²) in [6.07, 6.45) is 5.07. The fourth-order valence-corrected chi connectivity index (χ4v) is 4.73. The molecule has 3 fully saturated rings. The van der Waals surface area contributed by atoms with Crippen LogP contribution in [0.25, 0.3) is 0 Å². The molecule has 0 aromatic heterocycles. The lowest BCUT2D eigenvalue weighted by molar-refractivity contribution is -0.144. The Morgan fingerprint density at radius 1 is 1.21 bits per heavy atom. The minimum atomic E-state index is -0.610. The van der Waals surface area contributed by atoms with Gasteiger partial charge in [-0.15, -0.1) is 0 Å². The highest BCUT2D eigenvalue weighted by atomic mass is 16.5. The molecule has 0 radical (unpaired) electrons. The van der Waals surface area contributed by atoms with Gasteiger partial charge < -0.3 is 20.1 Å². The van der Waals surface area contributed by atoms with E-state index in [9.17, 15) is 9.90 Å². The largest absolute Gasteiger partial charge is 0.481 e. The van der Waals surface area contributed by atoms with Crippen molar-refractivity contribution in [3.05, 3.63) is 35.9 Å². The number of aliphatic carboxylic acids is 1. The van der Waals surface area contributed by atoms with E-state index in [1.165, 1.54) is 12.0 Å². The van der Waals surface area contributed by atoms with E-state index in [1.54, 1.807) is 0 Å². The molecule has 28 heavy (non-hydrogen) atoms. The fraction of sp³-hybridized carbons (Fsp3) is 0.696. The Hall–Kier alpha value is -1.43. The molecule has 2 aliphatic carbocycles. The summed E-state index contributed by atoms with van der Waals surface area (Å²) in [5.41, 5.74) is 1.17. The van der Waals surface area contributed by atoms with Crippen LogP contribution in [0.2, 0.25) is 0 Å². The summed E-state index contributed by atoms with van der Waals surface area (Å²) in [5.74, 6) is 0.0386. The van der Waals surface area contributed by atoms with Crippen LogP contribution in [0.3, 0.4) is 0 Å². The van der Waals surface area contributed by atoms with Crippen LogP contribution >= 0.6 is 0 Å². The Balaban J connectivity index is 1.29. The number of piperidine rings is 1. The van der Waals surface area contributed by atoms with Crippen LogP contribution in [0, 0.1) is 10.8 Å². The number of carboxylic acids is 1. The number of ether oxygens (including phenoxy) is 1. The number of benzene rings is 1. The van der Waals surface area contributed by atoms with Crippen LogP contribution in [0.15, 0.2) is 30.3 Å². The monoisotopic (exact) mass is 386 g/mol. The van der Waals surface area contributed by atoms with Crippen molar-refractivity contribution in [3.63, 3.8) is 0 Å². The standard InChI is InChI=1S/C23H34N2O3/c1-2-28-17-22(15-24-20-14-19(20)18-6-4-3-5-7-18)10-12-25(13-11-22)16-23(8-9-23)21(26)27/h3-7,19-20,24H,2,8-17H2,1H3,(H,26,27). The second-order valence-corrected chi connectivity index (χ2v) is 9.24. The summed E-state index contributed by atoms with van der Waals surface area (Å²) in [7, 11) is 0. The van der Waals surface area contributed by atoms with Gasteiger partial charge in [0.1, 0.15) is 0 Å². The maximum Gasteiger partial charge on any atom is 0.310 e. The molecule has 1 aromatic rings. The molecule has 0 amide bonds. The average molecular weight is 387 g/mol. The molecule has 154 valence electrons. The van der Waals surface area contributed by atoms with Gasteiger partial charge in [0.25, 0.3) is 0 Å². The Morgan fingerprint density at radius 2 is 1.93 bits per heavy atom. The topological polar surface area (TPSA) is 61.8 Å². The van der Waals surface area contributed by atoms with E-state index in [0.29, 0.717) is 12.0 Å². The van der Waals surface area contributed by atoms with Gasteiger partial charge in [-0.05, 0) is 57.7 Å². The molecule has 4 rings (SSSR count). The molecule has 2 saturated carbocycles. The maximum atomic E-state index is 11.5. The molecule has 5 nitrogen and oxygen atoms in total. The third-order valence-corrected chi connectivity index (χ3v) is 7.12. The zero-order valence-electron chi connectivity index (χ0n) is 17.0. The highest BCUT2D eigenvalue weighted by Crippen LogP contribution is 2.47. The van der Waals surface area contributed by atoms with Crippen molar-refractivity contribution in [2.45, 2.75) is 51.0 Å². The molecule has 0 bridgehead atoms. The van der Waals surface area contributed by atoms with Crippen molar-refractivity contribution in [1.82, 2.24) is 10.2 Å². The quantitative estimate of drug-likeness (QED) is 0.647. The van der Waals surface area contributed by atoms with Gasteiger partial charge in [0, 0.05) is 37.1 Å². The van der Waals surface area contributed by atoms with Gasteiger partial charge in [-0.25, -0.2) is 0 Å². The normalized spacial score (nSPS) is 28.0. The molecular formula is C23H34N2O3. The van der Waals surface area contributed by atoms with Crippen molar-refractivity contribution in [1.29, 1.82) is 0 Å². The number of carbonyl (C=O) groups is 1. The molecule has 1 aromatic carbocycles. The van der Waals surface area contributed by atoms with Crippen LogP contribution in [0.4, 0.5) is 0 Å². The van der Waals surface area contributed by atoms with Crippen LogP contribution in [-0.2, 0) is 9.53 Å². The number of hydrogen-bond acceptors (Lipinski definition) is 4. The van der Waals surface area contributed by atoms with Crippen LogP contribution in [0.1, 0.15) is 50.5 Å². The van der Waals surface area contributed by atoms with Gasteiger partial charge in [0.2, 0.25) is 0 Å². The van der Waals surface area contributed by atoms with Gasteiger partial charge in [0.05, 0.1) is 12.0 Å². The van der Waals surface area contributed by atoms with Gasteiger partial charge in [0.15, 0.2) is 0 Å². The molecule has 1 saturated heterocycles. The Morgan fingerprint density at radius 3 is 2.54 bits per heavy atom. The summed E-state index contributed by atoms with van der Waals surface area (Å²) in [5, 5.41) is 13.3. The fourth-order valence-electron chi connectivity index (χ4n) is 4.73. The van der Waals surface area contributed by atoms with Crippen LogP contribution in [0.5, 0.6) is 0 Å². The average Bonchev–Trinajstić information content (AvgIpc) is 3.63. The maximum absolute atomic E-state index is 11.5. The third kappa shape index (κ3) is 4.42. The minimum Gasteiger partial charge on any atom is -0.481 e. The molecule has 2 N–H and O–H groups in total. The first-order valence-electron chi connectivity index (χ1n) is 10.9. The molecule has 3 aliphatic rings. The molecule has 1 aliphatic heterocycles. The minimum absolute atomic E-state index is 0.177. The highest BCUT2D eigenvalue weighted by molar-refractivity contribution is 5.78. The number of nitrogens with one attached hydrogen (secondary N) is 1. The number of rotatable bonds is 10. The van der Waals surface area contributed by atoms with E-state index < -0.39 is 11.4 Å². The first kappa shape index (κ1) is 19.9. The first-order valence-corrected chi connectivity index (χ1v) is 10.9. The third-order valence-electron chi connectivity index (χ3n) is 7.12. The van der Waals surface area contributed by atoms with E-state index >= 15 is 0 Å². The Bertz CT molecular complexity index is 666. The highest BCUT2D eigenvalue weighted by Gasteiger charge is 2.52. The van der Waals surface area contributed by atoms with E-state index in [2.05, 4.69) is 47.5 Å². The van der Waals surface area contributed by atoms with Crippen LogP contribution < -0.4 is 5.32 Å². The number of carboxylic acid groups (broad SMARTS) is 1. The van der Waals surface area contributed by atoms with Crippen molar-refractivity contribution in [3.8, 4) is 0 Å². The smallest absolute Gasteiger partial charge is 0.310 e. The van der Waals surface area contributed by atoms with Crippen molar-refractivity contribution < 1.29 is 14.6 Å². The van der Waals surface area contributed by atoms with Crippen LogP contribution in [-0.4, -0.2) is 61.4 Å². The van der Waals surface area contributed by atoms with Gasteiger partial charge in [-0.3, -0.25) is 4.79 Å². The molecule has 1 heterocycles. The summed E-state index contributed by atoms with van der Waals surface area (Å²) >= 11 is 0. The summed E-state index contributed by atoms with van der Waals surface area (Å²) < 4.78 is 5.87. The van der Waals surface area contributed by atoms with E-state index in [0.717, 1.165) is 65.1 Å². The van der Waals surface area contributed by atoms with Gasteiger partial charge in [-0.2, -0.15) is 0 Å². The molecule has 2 atom stereocenters. The molecule has 2 unspecified atom stereocenters. The second kappa shape index (κ2) is 8.13. The SMILES string of the molecule is CCOCC1(CNC2CC2c2ccccc2)CCN(CC2(C(=O)O)CC2)CC1. The second-order valence-electron chi connectivity index (χ2n) is 9.24. The zero-order valence-corrected chi connectivity index (χ0v) is 17.0. The predicted octanol–water partition coefficient (Wildman–Crippen LogP) is 3.12. The van der Waals surface area contributed by atoms with E-state index in [-0.39, 0.29) is 5.41 Å².